The van der Waals surface area contributed by atoms with E-state index in [0.29, 0.717) is 22.9 Å². The lowest BCUT2D eigenvalue weighted by Gasteiger charge is -2.03. The van der Waals surface area contributed by atoms with Crippen molar-refractivity contribution in [3.8, 4) is 0 Å². The van der Waals surface area contributed by atoms with E-state index in [1.165, 1.54) is 17.0 Å². The Balaban J connectivity index is 2.31. The molecule has 0 spiro atoms. The van der Waals surface area contributed by atoms with Crippen LogP contribution < -0.4 is 16.8 Å². The van der Waals surface area contributed by atoms with E-state index in [1.54, 1.807) is 6.92 Å². The summed E-state index contributed by atoms with van der Waals surface area (Å²) in [4.78, 5) is 15.6. The third kappa shape index (κ3) is 2.07. The van der Waals surface area contributed by atoms with Gasteiger partial charge < -0.3 is 5.43 Å². The van der Waals surface area contributed by atoms with Crippen LogP contribution in [-0.2, 0) is 6.54 Å². The summed E-state index contributed by atoms with van der Waals surface area (Å²) in [5.74, 6) is 5.29. The fraction of sp³-hybridized carbons (Fsp3) is 0.250. The summed E-state index contributed by atoms with van der Waals surface area (Å²) in [5.41, 5.74) is 3.68. The van der Waals surface area contributed by atoms with E-state index in [4.69, 9.17) is 5.84 Å². The summed E-state index contributed by atoms with van der Waals surface area (Å²) >= 11 is 1.14. The average molecular weight is 238 g/mol. The van der Waals surface area contributed by atoms with Gasteiger partial charge in [0, 0.05) is 23.3 Å². The second kappa shape index (κ2) is 4.37. The summed E-state index contributed by atoms with van der Waals surface area (Å²) in [6.45, 7) is 2.07. The van der Waals surface area contributed by atoms with E-state index in [1.807, 2.05) is 0 Å². The maximum atomic E-state index is 11.6. The minimum absolute atomic E-state index is 0.122. The van der Waals surface area contributed by atoms with Gasteiger partial charge in [0.2, 0.25) is 0 Å². The predicted molar refractivity (Wildman–Crippen MR) is 60.1 cm³/mol. The molecular formula is C8H10N6OS. The van der Waals surface area contributed by atoms with Crippen molar-refractivity contribution in [3.05, 3.63) is 34.1 Å². The Hall–Kier alpha value is -1.80. The molecule has 0 bridgehead atoms. The number of aryl methyl sites for hydroxylation is 1. The zero-order valence-electron chi connectivity index (χ0n) is 8.54. The van der Waals surface area contributed by atoms with E-state index in [0.717, 1.165) is 11.5 Å². The largest absolute Gasteiger partial charge is 0.313 e. The Morgan fingerprint density at radius 1 is 1.62 bits per heavy atom. The summed E-state index contributed by atoms with van der Waals surface area (Å²) < 4.78 is 5.20. The Morgan fingerprint density at radius 3 is 3.12 bits per heavy atom. The zero-order valence-corrected chi connectivity index (χ0v) is 9.36. The molecule has 7 nitrogen and oxygen atoms in total. The fourth-order valence-corrected chi connectivity index (χ4v) is 1.70. The Bertz CT molecular complexity index is 547. The average Bonchev–Trinajstić information content (AvgIpc) is 2.69. The molecule has 0 saturated carbocycles. The van der Waals surface area contributed by atoms with Gasteiger partial charge in [-0.2, -0.15) is 0 Å². The molecule has 0 unspecified atom stereocenters. The molecule has 84 valence electrons. The van der Waals surface area contributed by atoms with Crippen LogP contribution in [0.2, 0.25) is 0 Å². The van der Waals surface area contributed by atoms with Crippen LogP contribution in [0.15, 0.2) is 17.2 Å². The first-order valence-electron chi connectivity index (χ1n) is 4.51. The van der Waals surface area contributed by atoms with Crippen LogP contribution >= 0.6 is 11.5 Å². The van der Waals surface area contributed by atoms with Crippen LogP contribution in [0, 0.1) is 6.92 Å². The monoisotopic (exact) mass is 238 g/mol. The lowest BCUT2D eigenvalue weighted by Crippen LogP contribution is -2.21. The molecule has 2 aromatic rings. The van der Waals surface area contributed by atoms with E-state index in [2.05, 4.69) is 20.0 Å². The molecule has 2 rings (SSSR count). The van der Waals surface area contributed by atoms with Crippen LogP contribution in [0.4, 0.5) is 5.00 Å². The van der Waals surface area contributed by atoms with Crippen molar-refractivity contribution < 1.29 is 0 Å². The smallest absolute Gasteiger partial charge is 0.253 e. The summed E-state index contributed by atoms with van der Waals surface area (Å²) in [6.07, 6.45) is 1.48. The third-order valence-electron chi connectivity index (χ3n) is 2.02. The van der Waals surface area contributed by atoms with E-state index in [9.17, 15) is 4.79 Å². The van der Waals surface area contributed by atoms with Crippen molar-refractivity contribution in [2.45, 2.75) is 13.5 Å². The standard InChI is InChI=1S/C8H10N6OS/c1-5-2-7(15)14(4-10-5)3-6-8(11-9)16-13-12-6/h2,4,11H,3,9H2,1H3. The molecule has 0 atom stereocenters. The normalized spacial score (nSPS) is 10.4. The van der Waals surface area contributed by atoms with E-state index in [-0.39, 0.29) is 5.56 Å². The van der Waals surface area contributed by atoms with Gasteiger partial charge in [0.25, 0.3) is 5.56 Å². The second-order valence-corrected chi connectivity index (χ2v) is 3.94. The number of rotatable bonds is 3. The number of anilines is 1. The van der Waals surface area contributed by atoms with Gasteiger partial charge in [-0.3, -0.25) is 9.36 Å². The minimum atomic E-state index is -0.122. The number of nitrogen functional groups attached to an aromatic ring is 1. The maximum Gasteiger partial charge on any atom is 0.253 e. The highest BCUT2D eigenvalue weighted by molar-refractivity contribution is 7.10. The molecule has 0 saturated heterocycles. The highest BCUT2D eigenvalue weighted by atomic mass is 32.1. The number of aromatic nitrogens is 4. The maximum absolute atomic E-state index is 11.6. The van der Waals surface area contributed by atoms with E-state index < -0.39 is 0 Å². The zero-order chi connectivity index (χ0) is 11.5. The highest BCUT2D eigenvalue weighted by Gasteiger charge is 2.08. The molecule has 2 heterocycles. The first-order chi connectivity index (χ1) is 7.70. The van der Waals surface area contributed by atoms with Crippen molar-refractivity contribution in [1.29, 1.82) is 0 Å². The fourth-order valence-electron chi connectivity index (χ4n) is 1.22. The molecule has 0 aromatic carbocycles. The van der Waals surface area contributed by atoms with Crippen molar-refractivity contribution in [2.75, 3.05) is 5.43 Å². The van der Waals surface area contributed by atoms with Gasteiger partial charge in [-0.05, 0) is 6.92 Å². The molecule has 0 amide bonds. The summed E-state index contributed by atoms with van der Waals surface area (Å²) in [7, 11) is 0. The van der Waals surface area contributed by atoms with Gasteiger partial charge in [0.05, 0.1) is 12.9 Å². The number of nitrogens with two attached hydrogens (primary N) is 1. The Kier molecular flexibility index (Phi) is 2.93. The highest BCUT2D eigenvalue weighted by Crippen LogP contribution is 2.16. The van der Waals surface area contributed by atoms with Gasteiger partial charge in [-0.25, -0.2) is 10.8 Å². The van der Waals surface area contributed by atoms with Crippen LogP contribution in [0.5, 0.6) is 0 Å². The first-order valence-corrected chi connectivity index (χ1v) is 5.29. The second-order valence-electron chi connectivity index (χ2n) is 3.19. The molecule has 0 aliphatic rings. The molecular weight excluding hydrogens is 228 g/mol. The van der Waals surface area contributed by atoms with Crippen LogP contribution in [0.3, 0.4) is 0 Å². The molecule has 0 aliphatic heterocycles. The van der Waals surface area contributed by atoms with Crippen molar-refractivity contribution in [1.82, 2.24) is 19.1 Å². The lowest BCUT2D eigenvalue weighted by atomic mass is 10.4. The van der Waals surface area contributed by atoms with E-state index >= 15 is 0 Å². The number of nitrogens with one attached hydrogen (secondary N) is 1. The van der Waals surface area contributed by atoms with Crippen molar-refractivity contribution >= 4 is 16.5 Å². The van der Waals surface area contributed by atoms with Crippen LogP contribution in [0.25, 0.3) is 0 Å². The molecule has 3 N–H and O–H groups in total. The van der Waals surface area contributed by atoms with Gasteiger partial charge in [-0.1, -0.05) is 4.49 Å². The first kappa shape index (κ1) is 10.7. The van der Waals surface area contributed by atoms with Crippen LogP contribution in [0.1, 0.15) is 11.4 Å². The topological polar surface area (TPSA) is 98.7 Å². The lowest BCUT2D eigenvalue weighted by molar-refractivity contribution is 0.711. The SMILES string of the molecule is Cc1cc(=O)n(Cc2nnsc2NN)cn1. The van der Waals surface area contributed by atoms with Gasteiger partial charge in [0.1, 0.15) is 10.7 Å². The summed E-state index contributed by atoms with van der Waals surface area (Å²) in [6, 6.07) is 1.47. The quantitative estimate of drug-likeness (QED) is 0.564. The molecule has 8 heteroatoms. The molecule has 0 fully saturated rings. The molecule has 16 heavy (non-hydrogen) atoms. The number of hydrazine groups is 1. The number of nitrogens with zero attached hydrogens (tertiary/aromatic N) is 4. The predicted octanol–water partition coefficient (Wildman–Crippen LogP) is -0.263. The third-order valence-corrected chi connectivity index (χ3v) is 2.72. The van der Waals surface area contributed by atoms with Crippen molar-refractivity contribution in [3.63, 3.8) is 0 Å². The van der Waals surface area contributed by atoms with Gasteiger partial charge >= 0.3 is 0 Å². The number of hydrogen-bond donors (Lipinski definition) is 2. The Labute approximate surface area is 95.1 Å². The van der Waals surface area contributed by atoms with Gasteiger partial charge in [0.15, 0.2) is 0 Å². The minimum Gasteiger partial charge on any atom is -0.313 e. The molecule has 0 radical (unpaired) electrons. The molecule has 2 aromatic heterocycles. The van der Waals surface area contributed by atoms with Crippen LogP contribution in [-0.4, -0.2) is 19.1 Å². The summed E-state index contributed by atoms with van der Waals surface area (Å²) in [5, 5.41) is 4.53. The Morgan fingerprint density at radius 2 is 2.44 bits per heavy atom. The molecule has 0 aliphatic carbocycles. The van der Waals surface area contributed by atoms with Crippen molar-refractivity contribution in [2.24, 2.45) is 5.84 Å². The van der Waals surface area contributed by atoms with Gasteiger partial charge in [-0.15, -0.1) is 5.10 Å². The number of hydrogen-bond acceptors (Lipinski definition) is 7.